The number of aromatic nitrogens is 1. The Morgan fingerprint density at radius 2 is 1.66 bits per heavy atom. The molecule has 8 heteroatoms. The number of carbonyl (C=O) groups excluding carboxylic acids is 1. The first-order chi connectivity index (χ1) is 17.9. The zero-order valence-electron chi connectivity index (χ0n) is 22.4. The van der Waals surface area contributed by atoms with E-state index in [4.69, 9.17) is 14.2 Å². The van der Waals surface area contributed by atoms with Gasteiger partial charge >= 0.3 is 12.1 Å². The van der Waals surface area contributed by atoms with Gasteiger partial charge in [0, 0.05) is 11.3 Å². The molecule has 5 nitrogen and oxygen atoms in total. The number of unbranched alkanes of at least 4 members (excludes halogenated alkanes) is 1. The normalized spacial score (nSPS) is 11.8. The van der Waals surface area contributed by atoms with Crippen molar-refractivity contribution in [2.45, 2.75) is 65.7 Å². The Hall–Kier alpha value is -3.55. The van der Waals surface area contributed by atoms with E-state index < -0.39 is 23.3 Å². The van der Waals surface area contributed by atoms with Gasteiger partial charge in [0.1, 0.15) is 11.5 Å². The molecule has 0 atom stereocenters. The maximum atomic E-state index is 12.8. The third kappa shape index (κ3) is 7.73. The molecule has 1 heterocycles. The predicted octanol–water partition coefficient (Wildman–Crippen LogP) is 7.51. The van der Waals surface area contributed by atoms with Crippen LogP contribution in [0, 0.1) is 13.8 Å². The highest BCUT2D eigenvalue weighted by Crippen LogP contribution is 2.31. The van der Waals surface area contributed by atoms with Crippen LogP contribution >= 0.6 is 0 Å². The molecule has 2 aromatic carbocycles. The molecule has 0 amide bonds. The molecule has 0 unspecified atom stereocenters. The quantitative estimate of drug-likeness (QED) is 0.190. The van der Waals surface area contributed by atoms with Crippen molar-refractivity contribution in [3.05, 3.63) is 77.0 Å². The Balaban J connectivity index is 1.48. The van der Waals surface area contributed by atoms with Gasteiger partial charge in [0.2, 0.25) is 0 Å². The maximum Gasteiger partial charge on any atom is 0.416 e. The topological polar surface area (TPSA) is 57.7 Å². The van der Waals surface area contributed by atoms with E-state index in [1.54, 1.807) is 26.8 Å². The van der Waals surface area contributed by atoms with Gasteiger partial charge in [0.15, 0.2) is 5.60 Å². The summed E-state index contributed by atoms with van der Waals surface area (Å²) in [6.45, 7) is 9.75. The van der Waals surface area contributed by atoms with Crippen molar-refractivity contribution >= 4 is 5.97 Å². The van der Waals surface area contributed by atoms with E-state index in [1.807, 2.05) is 38.1 Å². The molecule has 0 spiro atoms. The van der Waals surface area contributed by atoms with Crippen molar-refractivity contribution in [2.24, 2.45) is 0 Å². The molecule has 0 N–H and O–H groups in total. The van der Waals surface area contributed by atoms with Crippen molar-refractivity contribution in [1.29, 1.82) is 0 Å². The lowest BCUT2D eigenvalue weighted by molar-refractivity contribution is -0.158. The van der Waals surface area contributed by atoms with Crippen LogP contribution in [0.2, 0.25) is 0 Å². The van der Waals surface area contributed by atoms with Crippen LogP contribution in [0.15, 0.2) is 54.6 Å². The molecule has 3 aromatic rings. The summed E-state index contributed by atoms with van der Waals surface area (Å²) in [7, 11) is 0. The fourth-order valence-corrected chi connectivity index (χ4v) is 3.90. The predicted molar refractivity (Wildman–Crippen MR) is 140 cm³/mol. The van der Waals surface area contributed by atoms with E-state index in [-0.39, 0.29) is 0 Å². The van der Waals surface area contributed by atoms with Gasteiger partial charge in [-0.25, -0.2) is 4.79 Å². The van der Waals surface area contributed by atoms with Crippen molar-refractivity contribution in [1.82, 2.24) is 4.98 Å². The number of carbonyl (C=O) groups is 1. The number of hydrogen-bond acceptors (Lipinski definition) is 5. The minimum atomic E-state index is -4.35. The van der Waals surface area contributed by atoms with Crippen LogP contribution in [0.4, 0.5) is 13.2 Å². The molecular weight excluding hydrogens is 495 g/mol. The largest absolute Gasteiger partial charge is 0.494 e. The highest BCUT2D eigenvalue weighted by Gasteiger charge is 2.32. The van der Waals surface area contributed by atoms with Gasteiger partial charge in [-0.2, -0.15) is 13.2 Å². The number of ether oxygens (including phenoxy) is 3. The first-order valence-corrected chi connectivity index (χ1v) is 12.6. The minimum absolute atomic E-state index is 0.293. The van der Waals surface area contributed by atoms with Gasteiger partial charge in [-0.3, -0.25) is 4.98 Å². The van der Waals surface area contributed by atoms with Crippen LogP contribution in [0.5, 0.6) is 11.5 Å². The molecule has 0 bridgehead atoms. The first kappa shape index (κ1) is 29.0. The summed E-state index contributed by atoms with van der Waals surface area (Å²) in [6.07, 6.45) is -1.79. The molecule has 38 heavy (non-hydrogen) atoms. The smallest absolute Gasteiger partial charge is 0.416 e. The summed E-state index contributed by atoms with van der Waals surface area (Å²) >= 11 is 0. The number of halogens is 3. The van der Waals surface area contributed by atoms with E-state index in [9.17, 15) is 18.0 Å². The molecule has 0 saturated heterocycles. The second kappa shape index (κ2) is 12.3. The summed E-state index contributed by atoms with van der Waals surface area (Å²) in [6, 6.07) is 14.4. The third-order valence-corrected chi connectivity index (χ3v) is 6.09. The van der Waals surface area contributed by atoms with E-state index in [2.05, 4.69) is 4.98 Å². The van der Waals surface area contributed by atoms with E-state index in [1.165, 1.54) is 12.1 Å². The monoisotopic (exact) mass is 529 g/mol. The molecule has 0 fully saturated rings. The van der Waals surface area contributed by atoms with E-state index in [0.29, 0.717) is 30.2 Å². The number of benzene rings is 2. The second-order valence-corrected chi connectivity index (χ2v) is 9.58. The van der Waals surface area contributed by atoms with Crippen molar-refractivity contribution in [2.75, 3.05) is 13.2 Å². The first-order valence-electron chi connectivity index (χ1n) is 12.6. The van der Waals surface area contributed by atoms with Crippen molar-refractivity contribution in [3.8, 4) is 22.8 Å². The number of hydrogen-bond donors (Lipinski definition) is 0. The summed E-state index contributed by atoms with van der Waals surface area (Å²) in [4.78, 5) is 16.7. The fraction of sp³-hybridized carbons (Fsp3) is 0.400. The van der Waals surface area contributed by atoms with Gasteiger partial charge in [-0.1, -0.05) is 18.2 Å². The van der Waals surface area contributed by atoms with E-state index >= 15 is 0 Å². The van der Waals surface area contributed by atoms with Gasteiger partial charge in [-0.15, -0.1) is 0 Å². The molecule has 0 saturated carbocycles. The third-order valence-electron chi connectivity index (χ3n) is 6.09. The summed E-state index contributed by atoms with van der Waals surface area (Å²) in [5.74, 6) is 0.903. The van der Waals surface area contributed by atoms with Gasteiger partial charge in [0.05, 0.1) is 24.5 Å². The lowest BCUT2D eigenvalue weighted by atomic mass is 10.0. The molecule has 0 aliphatic rings. The zero-order chi connectivity index (χ0) is 27.9. The fourth-order valence-electron chi connectivity index (χ4n) is 3.90. The average molecular weight is 530 g/mol. The van der Waals surface area contributed by atoms with Gasteiger partial charge in [0.25, 0.3) is 0 Å². The molecule has 0 radical (unpaired) electrons. The molecular formula is C30H34F3NO4. The van der Waals surface area contributed by atoms with Crippen LogP contribution in [0.1, 0.15) is 56.0 Å². The van der Waals surface area contributed by atoms with Crippen LogP contribution in [-0.4, -0.2) is 29.8 Å². The zero-order valence-corrected chi connectivity index (χ0v) is 22.4. The number of alkyl halides is 3. The van der Waals surface area contributed by atoms with Crippen LogP contribution in [-0.2, 0) is 22.1 Å². The number of rotatable bonds is 11. The number of aryl methyl sites for hydroxylation is 3. The number of esters is 1. The Kier molecular flexibility index (Phi) is 9.41. The van der Waals surface area contributed by atoms with Crippen LogP contribution in [0.25, 0.3) is 11.3 Å². The number of pyridine rings is 1. The Labute approximate surface area is 222 Å². The van der Waals surface area contributed by atoms with Crippen molar-refractivity contribution < 1.29 is 32.2 Å². The van der Waals surface area contributed by atoms with Crippen LogP contribution in [0.3, 0.4) is 0 Å². The highest BCUT2D eigenvalue weighted by molar-refractivity contribution is 5.79. The minimum Gasteiger partial charge on any atom is -0.494 e. The van der Waals surface area contributed by atoms with Gasteiger partial charge < -0.3 is 14.2 Å². The van der Waals surface area contributed by atoms with Crippen molar-refractivity contribution in [3.63, 3.8) is 0 Å². The highest BCUT2D eigenvalue weighted by atomic mass is 19.4. The average Bonchev–Trinajstić information content (AvgIpc) is 2.86. The van der Waals surface area contributed by atoms with Gasteiger partial charge in [-0.05, 0) is 101 Å². The van der Waals surface area contributed by atoms with E-state index in [0.717, 1.165) is 54.0 Å². The summed E-state index contributed by atoms with van der Waals surface area (Å²) < 4.78 is 55.2. The second-order valence-electron chi connectivity index (χ2n) is 9.58. The Morgan fingerprint density at radius 3 is 2.26 bits per heavy atom. The molecule has 3 rings (SSSR count). The maximum absolute atomic E-state index is 12.8. The lowest BCUT2D eigenvalue weighted by Gasteiger charge is -2.25. The molecule has 1 aromatic heterocycles. The SMILES string of the molecule is CCOC(=O)C(C)(C)Oc1ccc(OCCCCc2ccc(-c3ccc(C(F)(F)F)cc3)nc2C)cc1C. The summed E-state index contributed by atoms with van der Waals surface area (Å²) in [5, 5.41) is 0. The molecule has 0 aliphatic carbocycles. The number of nitrogens with zero attached hydrogens (tertiary/aromatic N) is 1. The molecule has 0 aliphatic heterocycles. The molecule has 204 valence electrons. The summed E-state index contributed by atoms with van der Waals surface area (Å²) in [5.41, 5.74) is 2.35. The lowest BCUT2D eigenvalue weighted by Crippen LogP contribution is -2.39. The Bertz CT molecular complexity index is 1240. The Morgan fingerprint density at radius 1 is 0.947 bits per heavy atom. The van der Waals surface area contributed by atoms with Crippen LogP contribution < -0.4 is 9.47 Å². The standard InChI is InChI=1S/C30H34F3NO4/c1-6-36-28(35)29(4,5)38-27-17-15-25(19-20(27)2)37-18-8-7-9-22-12-16-26(34-21(22)3)23-10-13-24(14-11-23)30(31,32)33/h10-17,19H,6-9,18H2,1-5H3.